The molecule has 0 radical (unpaired) electrons. The molecular weight excluding hydrogens is 336 g/mol. The monoisotopic (exact) mass is 364 g/mol. The van der Waals surface area contributed by atoms with E-state index in [-0.39, 0.29) is 17.4 Å². The Hall–Kier alpha value is -2.62. The topological polar surface area (TPSA) is 49.4 Å². The zero-order valence-corrected chi connectivity index (χ0v) is 16.4. The predicted molar refractivity (Wildman–Crippen MR) is 107 cm³/mol. The number of carbonyl (C=O) groups excluding carboxylic acids is 2. The number of fused-ring (bicyclic) bond motifs is 1. The highest BCUT2D eigenvalue weighted by molar-refractivity contribution is 6.04. The third-order valence-electron chi connectivity index (χ3n) is 4.76. The predicted octanol–water partition coefficient (Wildman–Crippen LogP) is 4.12. The first kappa shape index (κ1) is 19.2. The number of hydrogen-bond donors (Lipinski definition) is 1. The standard InChI is InChI=1S/C23H28N2O2/c1-23(2,3)24-21(26)20-18-14-7-8-15-19(18)22(27)25(20)16-10-9-13-17-11-5-4-6-12-17/h4-8,11-12,14-15,20H,9-10,13,16H2,1-3H3,(H,24,26). The van der Waals surface area contributed by atoms with Gasteiger partial charge in [0.1, 0.15) is 6.04 Å². The van der Waals surface area contributed by atoms with E-state index < -0.39 is 6.04 Å². The molecule has 2 aromatic carbocycles. The van der Waals surface area contributed by atoms with Crippen LogP contribution in [-0.4, -0.2) is 28.8 Å². The second kappa shape index (κ2) is 7.95. The largest absolute Gasteiger partial charge is 0.349 e. The first-order valence-electron chi connectivity index (χ1n) is 9.63. The lowest BCUT2D eigenvalue weighted by Crippen LogP contribution is -2.47. The second-order valence-corrected chi connectivity index (χ2v) is 8.17. The summed E-state index contributed by atoms with van der Waals surface area (Å²) in [5.74, 6) is -0.150. The van der Waals surface area contributed by atoms with Gasteiger partial charge in [0.05, 0.1) is 0 Å². The number of aryl methyl sites for hydroxylation is 1. The molecule has 2 aromatic rings. The average Bonchev–Trinajstić information content (AvgIpc) is 2.91. The molecule has 1 aliphatic heterocycles. The number of rotatable bonds is 6. The summed E-state index contributed by atoms with van der Waals surface area (Å²) in [4.78, 5) is 27.5. The first-order chi connectivity index (χ1) is 12.9. The molecule has 1 N–H and O–H groups in total. The van der Waals surface area contributed by atoms with Gasteiger partial charge in [-0.3, -0.25) is 9.59 Å². The molecule has 2 amide bonds. The minimum atomic E-state index is -0.537. The van der Waals surface area contributed by atoms with Crippen LogP contribution in [0.25, 0.3) is 0 Å². The lowest BCUT2D eigenvalue weighted by Gasteiger charge is -2.28. The summed E-state index contributed by atoms with van der Waals surface area (Å²) >= 11 is 0. The number of hydrogen-bond acceptors (Lipinski definition) is 2. The summed E-state index contributed by atoms with van der Waals surface area (Å²) in [7, 11) is 0. The Labute approximate surface area is 161 Å². The highest BCUT2D eigenvalue weighted by atomic mass is 16.2. The Morgan fingerprint density at radius 3 is 2.37 bits per heavy atom. The summed E-state index contributed by atoms with van der Waals surface area (Å²) in [6.07, 6.45) is 2.83. The third kappa shape index (κ3) is 4.57. The number of carbonyl (C=O) groups is 2. The van der Waals surface area contributed by atoms with E-state index in [9.17, 15) is 9.59 Å². The van der Waals surface area contributed by atoms with E-state index >= 15 is 0 Å². The number of nitrogens with one attached hydrogen (secondary N) is 1. The second-order valence-electron chi connectivity index (χ2n) is 8.17. The van der Waals surface area contributed by atoms with Crippen molar-refractivity contribution in [2.45, 2.75) is 51.6 Å². The first-order valence-corrected chi connectivity index (χ1v) is 9.63. The summed E-state index contributed by atoms with van der Waals surface area (Å²) < 4.78 is 0. The van der Waals surface area contributed by atoms with Crippen LogP contribution >= 0.6 is 0 Å². The van der Waals surface area contributed by atoms with E-state index in [1.807, 2.05) is 63.2 Å². The van der Waals surface area contributed by atoms with Gasteiger partial charge >= 0.3 is 0 Å². The maximum Gasteiger partial charge on any atom is 0.255 e. The van der Waals surface area contributed by atoms with E-state index in [0.29, 0.717) is 12.1 Å². The van der Waals surface area contributed by atoms with Crippen molar-refractivity contribution in [1.82, 2.24) is 10.2 Å². The molecular formula is C23H28N2O2. The minimum absolute atomic E-state index is 0.0422. The molecule has 0 bridgehead atoms. The fourth-order valence-corrected chi connectivity index (χ4v) is 3.58. The van der Waals surface area contributed by atoms with Crippen LogP contribution < -0.4 is 5.32 Å². The number of benzene rings is 2. The Kier molecular flexibility index (Phi) is 5.64. The van der Waals surface area contributed by atoms with Crippen LogP contribution in [0, 0.1) is 0 Å². The van der Waals surface area contributed by atoms with Crippen molar-refractivity contribution in [3.8, 4) is 0 Å². The van der Waals surface area contributed by atoms with Gasteiger partial charge in [0.25, 0.3) is 5.91 Å². The van der Waals surface area contributed by atoms with Crippen LogP contribution in [0.2, 0.25) is 0 Å². The van der Waals surface area contributed by atoms with Crippen molar-refractivity contribution >= 4 is 11.8 Å². The van der Waals surface area contributed by atoms with Crippen LogP contribution in [0.5, 0.6) is 0 Å². The van der Waals surface area contributed by atoms with E-state index in [2.05, 4.69) is 17.4 Å². The quantitative estimate of drug-likeness (QED) is 0.784. The number of amides is 2. The fraction of sp³-hybridized carbons (Fsp3) is 0.391. The summed E-state index contributed by atoms with van der Waals surface area (Å²) in [6, 6.07) is 17.3. The molecule has 4 heteroatoms. The van der Waals surface area contributed by atoms with Gasteiger partial charge in [-0.1, -0.05) is 48.5 Å². The van der Waals surface area contributed by atoms with Gasteiger partial charge in [-0.25, -0.2) is 0 Å². The van der Waals surface area contributed by atoms with Crippen LogP contribution in [0.3, 0.4) is 0 Å². The smallest absolute Gasteiger partial charge is 0.255 e. The Bertz CT molecular complexity index is 809. The molecule has 0 saturated carbocycles. The third-order valence-corrected chi connectivity index (χ3v) is 4.76. The van der Waals surface area contributed by atoms with Gasteiger partial charge in [-0.2, -0.15) is 0 Å². The number of nitrogens with zero attached hydrogens (tertiary/aromatic N) is 1. The molecule has 1 aliphatic rings. The summed E-state index contributed by atoms with van der Waals surface area (Å²) in [6.45, 7) is 6.45. The molecule has 3 rings (SSSR count). The molecule has 0 fully saturated rings. The Balaban J connectivity index is 1.70. The van der Waals surface area contributed by atoms with E-state index in [1.54, 1.807) is 4.90 Å². The van der Waals surface area contributed by atoms with Crippen molar-refractivity contribution in [3.05, 3.63) is 71.3 Å². The van der Waals surface area contributed by atoms with Crippen molar-refractivity contribution in [1.29, 1.82) is 0 Å². The van der Waals surface area contributed by atoms with Crippen LogP contribution in [0.15, 0.2) is 54.6 Å². The van der Waals surface area contributed by atoms with Gasteiger partial charge in [-0.15, -0.1) is 0 Å². The molecule has 1 heterocycles. The van der Waals surface area contributed by atoms with Crippen LogP contribution in [0.4, 0.5) is 0 Å². The van der Waals surface area contributed by atoms with Crippen molar-refractivity contribution < 1.29 is 9.59 Å². The SMILES string of the molecule is CC(C)(C)NC(=O)C1c2ccccc2C(=O)N1CCCCc1ccccc1. The molecule has 27 heavy (non-hydrogen) atoms. The van der Waals surface area contributed by atoms with Crippen LogP contribution in [0.1, 0.15) is 61.1 Å². The van der Waals surface area contributed by atoms with Gasteiger partial charge in [0, 0.05) is 17.6 Å². The molecule has 0 aromatic heterocycles. The van der Waals surface area contributed by atoms with Crippen molar-refractivity contribution in [2.75, 3.05) is 6.54 Å². The van der Waals surface area contributed by atoms with Crippen molar-refractivity contribution in [3.63, 3.8) is 0 Å². The van der Waals surface area contributed by atoms with Gasteiger partial charge in [-0.05, 0) is 57.2 Å². The highest BCUT2D eigenvalue weighted by Crippen LogP contribution is 2.34. The Morgan fingerprint density at radius 2 is 1.67 bits per heavy atom. The Morgan fingerprint density at radius 1 is 1.00 bits per heavy atom. The normalized spacial score (nSPS) is 16.3. The van der Waals surface area contributed by atoms with Gasteiger partial charge < -0.3 is 10.2 Å². The van der Waals surface area contributed by atoms with E-state index in [0.717, 1.165) is 24.8 Å². The van der Waals surface area contributed by atoms with E-state index in [1.165, 1.54) is 5.56 Å². The van der Waals surface area contributed by atoms with Crippen molar-refractivity contribution in [2.24, 2.45) is 0 Å². The maximum absolute atomic E-state index is 12.9. The lowest BCUT2D eigenvalue weighted by atomic mass is 10.0. The molecule has 4 nitrogen and oxygen atoms in total. The molecule has 0 spiro atoms. The highest BCUT2D eigenvalue weighted by Gasteiger charge is 2.41. The number of unbranched alkanes of at least 4 members (excludes halogenated alkanes) is 1. The lowest BCUT2D eigenvalue weighted by molar-refractivity contribution is -0.127. The molecule has 1 unspecified atom stereocenters. The van der Waals surface area contributed by atoms with Crippen LogP contribution in [-0.2, 0) is 11.2 Å². The molecule has 1 atom stereocenters. The summed E-state index contributed by atoms with van der Waals surface area (Å²) in [5, 5.41) is 3.04. The minimum Gasteiger partial charge on any atom is -0.349 e. The zero-order chi connectivity index (χ0) is 19.4. The average molecular weight is 364 g/mol. The molecule has 142 valence electrons. The fourth-order valence-electron chi connectivity index (χ4n) is 3.58. The maximum atomic E-state index is 12.9. The summed E-state index contributed by atoms with van der Waals surface area (Å²) in [5.41, 5.74) is 2.42. The van der Waals surface area contributed by atoms with Gasteiger partial charge in [0.15, 0.2) is 0 Å². The van der Waals surface area contributed by atoms with E-state index in [4.69, 9.17) is 0 Å². The van der Waals surface area contributed by atoms with Gasteiger partial charge in [0.2, 0.25) is 5.91 Å². The molecule has 0 saturated heterocycles. The molecule has 0 aliphatic carbocycles. The zero-order valence-electron chi connectivity index (χ0n) is 16.4.